The number of hydrogen-bond acceptors (Lipinski definition) is 4. The molecule has 1 unspecified atom stereocenters. The van der Waals surface area contributed by atoms with Gasteiger partial charge in [0.1, 0.15) is 11.6 Å². The van der Waals surface area contributed by atoms with E-state index in [-0.39, 0.29) is 10.6 Å². The number of hydrogen-bond donors (Lipinski definition) is 2. The Morgan fingerprint density at radius 2 is 1.64 bits per heavy atom. The molecular weight excluding hydrogens is 343 g/mol. The summed E-state index contributed by atoms with van der Waals surface area (Å²) in [5.41, 5.74) is 0.906. The highest BCUT2D eigenvalue weighted by Crippen LogP contribution is 2.25. The number of rotatable bonds is 5. The number of phenolic OH excluding ortho intramolecular Hbond substituents is 1. The van der Waals surface area contributed by atoms with Crippen molar-refractivity contribution < 1.29 is 17.9 Å². The minimum absolute atomic E-state index is 0.0560. The van der Waals surface area contributed by atoms with E-state index in [1.54, 1.807) is 30.3 Å². The second-order valence-corrected chi connectivity index (χ2v) is 7.07. The lowest BCUT2D eigenvalue weighted by Gasteiger charge is -2.19. The third-order valence-electron chi connectivity index (χ3n) is 3.60. The average molecular weight is 358 g/mol. The van der Waals surface area contributed by atoms with Gasteiger partial charge in [-0.05, 0) is 42.0 Å². The summed E-state index contributed by atoms with van der Waals surface area (Å²) in [5.74, 6) is -0.459. The molecule has 2 aromatic carbocycles. The maximum absolute atomic E-state index is 13.2. The van der Waals surface area contributed by atoms with E-state index in [0.717, 1.165) is 6.20 Å². The van der Waals surface area contributed by atoms with Crippen molar-refractivity contribution in [2.24, 2.45) is 0 Å². The van der Waals surface area contributed by atoms with Crippen LogP contribution in [0.2, 0.25) is 0 Å². The first-order valence-corrected chi connectivity index (χ1v) is 8.92. The molecule has 0 bridgehead atoms. The molecule has 2 N–H and O–H groups in total. The van der Waals surface area contributed by atoms with E-state index in [1.807, 2.05) is 0 Å². The molecule has 0 aliphatic heterocycles. The number of aromatic nitrogens is 1. The second kappa shape index (κ2) is 7.00. The molecule has 0 aliphatic rings. The lowest BCUT2D eigenvalue weighted by Crippen LogP contribution is -2.30. The van der Waals surface area contributed by atoms with Crippen molar-refractivity contribution in [2.75, 3.05) is 0 Å². The second-order valence-electron chi connectivity index (χ2n) is 5.36. The van der Waals surface area contributed by atoms with Crippen LogP contribution >= 0.6 is 0 Å². The average Bonchev–Trinajstić information content (AvgIpc) is 2.62. The smallest absolute Gasteiger partial charge is 0.241 e. The minimum atomic E-state index is -3.82. The molecule has 3 aromatic rings. The van der Waals surface area contributed by atoms with Crippen LogP contribution in [0.1, 0.15) is 17.3 Å². The number of sulfonamides is 1. The van der Waals surface area contributed by atoms with Crippen molar-refractivity contribution in [1.29, 1.82) is 0 Å². The number of pyridine rings is 1. The van der Waals surface area contributed by atoms with Gasteiger partial charge in [-0.1, -0.05) is 30.3 Å². The summed E-state index contributed by atoms with van der Waals surface area (Å²) < 4.78 is 41.1. The Morgan fingerprint density at radius 1 is 0.960 bits per heavy atom. The monoisotopic (exact) mass is 358 g/mol. The van der Waals surface area contributed by atoms with Gasteiger partial charge < -0.3 is 5.11 Å². The van der Waals surface area contributed by atoms with E-state index in [9.17, 15) is 17.9 Å². The highest BCUT2D eigenvalue weighted by molar-refractivity contribution is 7.89. The summed E-state index contributed by atoms with van der Waals surface area (Å²) in [7, 11) is -3.82. The molecule has 1 atom stereocenters. The van der Waals surface area contributed by atoms with Gasteiger partial charge in [0.2, 0.25) is 10.0 Å². The molecule has 0 saturated carbocycles. The van der Waals surface area contributed by atoms with Crippen LogP contribution in [0.5, 0.6) is 5.75 Å². The first kappa shape index (κ1) is 17.1. The van der Waals surface area contributed by atoms with Gasteiger partial charge in [-0.15, -0.1) is 0 Å². The molecule has 0 spiro atoms. The predicted molar refractivity (Wildman–Crippen MR) is 90.9 cm³/mol. The standard InChI is InChI=1S/C18H15FN2O3S/c19-14-8-11-17(20-12-14)18(13-6-9-15(22)10-7-13)21-25(23,24)16-4-2-1-3-5-16/h1-12,18,21-22H. The Hall–Kier alpha value is -2.77. The van der Waals surface area contributed by atoms with Crippen molar-refractivity contribution in [1.82, 2.24) is 9.71 Å². The van der Waals surface area contributed by atoms with E-state index in [1.165, 1.54) is 36.4 Å². The van der Waals surface area contributed by atoms with Gasteiger partial charge in [0, 0.05) is 0 Å². The van der Waals surface area contributed by atoms with E-state index >= 15 is 0 Å². The van der Waals surface area contributed by atoms with Crippen LogP contribution in [-0.4, -0.2) is 18.5 Å². The highest BCUT2D eigenvalue weighted by Gasteiger charge is 2.24. The SMILES string of the molecule is O=S(=O)(NC(c1ccc(O)cc1)c1ccc(F)cn1)c1ccccc1. The molecule has 1 heterocycles. The largest absolute Gasteiger partial charge is 0.508 e. The van der Waals surface area contributed by atoms with Crippen LogP contribution in [0.15, 0.2) is 77.8 Å². The van der Waals surface area contributed by atoms with Gasteiger partial charge in [-0.25, -0.2) is 12.8 Å². The Bertz CT molecular complexity index is 898. The maximum atomic E-state index is 13.2. The Morgan fingerprint density at radius 3 is 2.24 bits per heavy atom. The molecule has 0 saturated heterocycles. The van der Waals surface area contributed by atoms with Gasteiger partial charge >= 0.3 is 0 Å². The zero-order valence-corrected chi connectivity index (χ0v) is 13.8. The number of nitrogens with zero attached hydrogens (tertiary/aromatic N) is 1. The molecule has 3 rings (SSSR count). The van der Waals surface area contributed by atoms with Gasteiger partial charge in [0.15, 0.2) is 0 Å². The van der Waals surface area contributed by atoms with Crippen LogP contribution in [0.4, 0.5) is 4.39 Å². The zero-order chi connectivity index (χ0) is 17.9. The molecule has 1 aromatic heterocycles. The van der Waals surface area contributed by atoms with E-state index in [0.29, 0.717) is 11.3 Å². The Balaban J connectivity index is 2.02. The van der Waals surface area contributed by atoms with Crippen LogP contribution in [0, 0.1) is 5.82 Å². The zero-order valence-electron chi connectivity index (χ0n) is 13.0. The number of halogens is 1. The number of phenols is 1. The predicted octanol–water partition coefficient (Wildman–Crippen LogP) is 2.99. The molecule has 0 aliphatic carbocycles. The van der Waals surface area contributed by atoms with E-state index in [4.69, 9.17) is 0 Å². The molecule has 0 radical (unpaired) electrons. The van der Waals surface area contributed by atoms with Crippen LogP contribution in [0.3, 0.4) is 0 Å². The Labute approximate surface area is 144 Å². The van der Waals surface area contributed by atoms with Gasteiger partial charge in [0.25, 0.3) is 0 Å². The molecule has 0 fully saturated rings. The van der Waals surface area contributed by atoms with Gasteiger partial charge in [0.05, 0.1) is 22.8 Å². The molecule has 25 heavy (non-hydrogen) atoms. The summed E-state index contributed by atoms with van der Waals surface area (Å²) in [4.78, 5) is 4.10. The normalized spacial score (nSPS) is 12.7. The molecule has 7 heteroatoms. The lowest BCUT2D eigenvalue weighted by molar-refractivity contribution is 0.475. The van der Waals surface area contributed by atoms with Gasteiger partial charge in [-0.2, -0.15) is 4.72 Å². The fourth-order valence-corrected chi connectivity index (χ4v) is 3.57. The Kier molecular flexibility index (Phi) is 4.78. The van der Waals surface area contributed by atoms with Crippen molar-refractivity contribution in [3.63, 3.8) is 0 Å². The summed E-state index contributed by atoms with van der Waals surface area (Å²) in [6.45, 7) is 0. The molecule has 5 nitrogen and oxygen atoms in total. The van der Waals surface area contributed by atoms with E-state index < -0.39 is 21.9 Å². The van der Waals surface area contributed by atoms with E-state index in [2.05, 4.69) is 9.71 Å². The van der Waals surface area contributed by atoms with Crippen molar-refractivity contribution in [2.45, 2.75) is 10.9 Å². The summed E-state index contributed by atoms with van der Waals surface area (Å²) >= 11 is 0. The maximum Gasteiger partial charge on any atom is 0.241 e. The first-order chi connectivity index (χ1) is 12.0. The first-order valence-electron chi connectivity index (χ1n) is 7.43. The lowest BCUT2D eigenvalue weighted by atomic mass is 10.0. The molecule has 128 valence electrons. The van der Waals surface area contributed by atoms with Crippen LogP contribution in [0.25, 0.3) is 0 Å². The third-order valence-corrected chi connectivity index (χ3v) is 5.04. The van der Waals surface area contributed by atoms with Gasteiger partial charge in [-0.3, -0.25) is 4.98 Å². The highest BCUT2D eigenvalue weighted by atomic mass is 32.2. The van der Waals surface area contributed by atoms with Crippen LogP contribution < -0.4 is 4.72 Å². The minimum Gasteiger partial charge on any atom is -0.508 e. The number of aromatic hydroxyl groups is 1. The van der Waals surface area contributed by atoms with Crippen molar-refractivity contribution in [3.05, 3.63) is 90.0 Å². The number of nitrogens with one attached hydrogen (secondary N) is 1. The molecule has 0 amide bonds. The van der Waals surface area contributed by atoms with Crippen molar-refractivity contribution >= 4 is 10.0 Å². The quantitative estimate of drug-likeness (QED) is 0.735. The topological polar surface area (TPSA) is 79.3 Å². The van der Waals surface area contributed by atoms with Crippen molar-refractivity contribution in [3.8, 4) is 5.75 Å². The van der Waals surface area contributed by atoms with Crippen LogP contribution in [-0.2, 0) is 10.0 Å². The molecular formula is C18H15FN2O3S. The third kappa shape index (κ3) is 4.01. The fourth-order valence-electron chi connectivity index (χ4n) is 2.35. The summed E-state index contributed by atoms with van der Waals surface area (Å²) in [5, 5.41) is 9.45. The summed E-state index contributed by atoms with van der Waals surface area (Å²) in [6, 6.07) is 15.8. The fraction of sp³-hybridized carbons (Fsp3) is 0.0556. The number of benzene rings is 2. The summed E-state index contributed by atoms with van der Waals surface area (Å²) in [6.07, 6.45) is 1.03.